The largest absolute Gasteiger partial charge is 0.487 e. The molecule has 1 aliphatic rings. The number of para-hydroxylation sites is 1. The fourth-order valence-corrected chi connectivity index (χ4v) is 3.33. The Morgan fingerprint density at radius 3 is 2.78 bits per heavy atom. The molecule has 2 heterocycles. The van der Waals surface area contributed by atoms with Crippen LogP contribution in [0.25, 0.3) is 10.9 Å². The molecule has 0 fully saturated rings. The number of fused-ring (bicyclic) bond motifs is 2. The maximum absolute atomic E-state index is 12.4. The van der Waals surface area contributed by atoms with E-state index in [2.05, 4.69) is 15.5 Å². The van der Waals surface area contributed by atoms with Crippen LogP contribution in [0.4, 0.5) is 0 Å². The predicted molar refractivity (Wildman–Crippen MR) is 120 cm³/mol. The highest BCUT2D eigenvalue weighted by Gasteiger charge is 2.12. The lowest BCUT2D eigenvalue weighted by Gasteiger charge is -2.09. The van der Waals surface area contributed by atoms with Gasteiger partial charge in [0, 0.05) is 17.1 Å². The fourth-order valence-electron chi connectivity index (χ4n) is 3.33. The van der Waals surface area contributed by atoms with Crippen molar-refractivity contribution in [2.45, 2.75) is 6.61 Å². The van der Waals surface area contributed by atoms with E-state index in [1.165, 1.54) is 0 Å². The van der Waals surface area contributed by atoms with E-state index in [-0.39, 0.29) is 12.7 Å². The van der Waals surface area contributed by atoms with E-state index in [9.17, 15) is 4.79 Å². The summed E-state index contributed by atoms with van der Waals surface area (Å²) in [6, 6.07) is 22.4. The molecule has 4 aromatic rings. The van der Waals surface area contributed by atoms with Crippen molar-refractivity contribution in [3.05, 3.63) is 95.7 Å². The van der Waals surface area contributed by atoms with E-state index >= 15 is 0 Å². The molecule has 0 spiro atoms. The number of nitrogens with zero attached hydrogens (tertiary/aromatic N) is 2. The van der Waals surface area contributed by atoms with Crippen LogP contribution in [0.2, 0.25) is 0 Å². The topological polar surface area (TPSA) is 82.0 Å². The quantitative estimate of drug-likeness (QED) is 0.368. The second-order valence-electron chi connectivity index (χ2n) is 7.13. The summed E-state index contributed by atoms with van der Waals surface area (Å²) in [5.74, 6) is 1.79. The smallest absolute Gasteiger partial charge is 0.271 e. The van der Waals surface area contributed by atoms with Crippen LogP contribution >= 0.6 is 0 Å². The first kappa shape index (κ1) is 19.6. The summed E-state index contributed by atoms with van der Waals surface area (Å²) in [7, 11) is 0. The lowest BCUT2D eigenvalue weighted by atomic mass is 10.1. The Kier molecular flexibility index (Phi) is 5.36. The van der Waals surface area contributed by atoms with Crippen molar-refractivity contribution in [2.24, 2.45) is 5.10 Å². The summed E-state index contributed by atoms with van der Waals surface area (Å²) in [6.45, 7) is 0.590. The highest BCUT2D eigenvalue weighted by Crippen LogP contribution is 2.32. The minimum atomic E-state index is -0.298. The number of amides is 1. The first-order valence-electron chi connectivity index (χ1n) is 10.0. The first-order chi connectivity index (χ1) is 15.8. The van der Waals surface area contributed by atoms with Crippen molar-refractivity contribution < 1.29 is 19.0 Å². The Morgan fingerprint density at radius 2 is 1.88 bits per heavy atom. The van der Waals surface area contributed by atoms with Gasteiger partial charge >= 0.3 is 0 Å². The monoisotopic (exact) mass is 425 g/mol. The van der Waals surface area contributed by atoms with E-state index < -0.39 is 0 Å². The van der Waals surface area contributed by atoms with Gasteiger partial charge in [-0.15, -0.1) is 0 Å². The minimum Gasteiger partial charge on any atom is -0.487 e. The lowest BCUT2D eigenvalue weighted by Crippen LogP contribution is -2.17. The van der Waals surface area contributed by atoms with E-state index in [0.717, 1.165) is 27.8 Å². The predicted octanol–water partition coefficient (Wildman–Crippen LogP) is 4.31. The molecule has 3 aromatic carbocycles. The van der Waals surface area contributed by atoms with Gasteiger partial charge in [0.25, 0.3) is 5.91 Å². The van der Waals surface area contributed by atoms with E-state index in [0.29, 0.717) is 23.7 Å². The third-order valence-corrected chi connectivity index (χ3v) is 4.98. The maximum atomic E-state index is 12.4. The van der Waals surface area contributed by atoms with Crippen molar-refractivity contribution in [3.8, 4) is 17.2 Å². The maximum Gasteiger partial charge on any atom is 0.271 e. The minimum absolute atomic E-state index is 0.215. The van der Waals surface area contributed by atoms with Gasteiger partial charge in [-0.2, -0.15) is 5.10 Å². The number of ether oxygens (including phenoxy) is 3. The molecule has 1 aliphatic heterocycles. The third kappa shape index (κ3) is 4.22. The number of nitrogens with one attached hydrogen (secondary N) is 1. The van der Waals surface area contributed by atoms with Gasteiger partial charge in [-0.25, -0.2) is 5.43 Å². The highest BCUT2D eigenvalue weighted by molar-refractivity contribution is 5.95. The molecule has 5 rings (SSSR count). The molecule has 0 unspecified atom stereocenters. The number of hydrogen-bond acceptors (Lipinski definition) is 6. The molecule has 0 atom stereocenters. The van der Waals surface area contributed by atoms with Crippen LogP contribution in [-0.4, -0.2) is 23.9 Å². The van der Waals surface area contributed by atoms with Gasteiger partial charge in [0.15, 0.2) is 11.5 Å². The number of benzene rings is 3. The van der Waals surface area contributed by atoms with Crippen LogP contribution in [0.3, 0.4) is 0 Å². The zero-order valence-electron chi connectivity index (χ0n) is 17.0. The summed E-state index contributed by atoms with van der Waals surface area (Å²) in [4.78, 5) is 16.7. The van der Waals surface area contributed by atoms with Crippen molar-refractivity contribution >= 4 is 23.0 Å². The van der Waals surface area contributed by atoms with Gasteiger partial charge in [0.1, 0.15) is 17.9 Å². The molecule has 0 saturated heterocycles. The standard InChI is InChI=1S/C25H19N3O4/c29-25(28-27-14-18-8-11-21-23(13-18)32-16-31-21)20-9-6-17(7-10-20)15-30-22-5-1-3-19-4-2-12-26-24(19)22/h1-14H,15-16H2,(H,28,29). The van der Waals surface area contributed by atoms with Crippen LogP contribution < -0.4 is 19.6 Å². The number of aromatic nitrogens is 1. The van der Waals surface area contributed by atoms with Gasteiger partial charge in [-0.05, 0) is 53.6 Å². The zero-order chi connectivity index (χ0) is 21.8. The molecule has 1 aromatic heterocycles. The molecule has 0 radical (unpaired) electrons. The van der Waals surface area contributed by atoms with Crippen LogP contribution in [-0.2, 0) is 6.61 Å². The average Bonchev–Trinajstić information content (AvgIpc) is 3.31. The number of hydrogen-bond donors (Lipinski definition) is 1. The third-order valence-electron chi connectivity index (χ3n) is 4.98. The van der Waals surface area contributed by atoms with Crippen LogP contribution in [0, 0.1) is 0 Å². The van der Waals surface area contributed by atoms with Gasteiger partial charge in [0.05, 0.1) is 6.21 Å². The van der Waals surface area contributed by atoms with Crippen LogP contribution in [0.1, 0.15) is 21.5 Å². The van der Waals surface area contributed by atoms with E-state index in [4.69, 9.17) is 14.2 Å². The van der Waals surface area contributed by atoms with Gasteiger partial charge in [-0.1, -0.05) is 30.3 Å². The second kappa shape index (κ2) is 8.77. The fraction of sp³-hybridized carbons (Fsp3) is 0.0800. The summed E-state index contributed by atoms with van der Waals surface area (Å²) in [6.07, 6.45) is 3.30. The molecule has 32 heavy (non-hydrogen) atoms. The Bertz CT molecular complexity index is 1300. The molecule has 1 amide bonds. The average molecular weight is 425 g/mol. The Balaban J connectivity index is 1.18. The number of carbonyl (C=O) groups excluding carboxylic acids is 1. The molecule has 0 saturated carbocycles. The van der Waals surface area contributed by atoms with Crippen LogP contribution in [0.15, 0.2) is 84.1 Å². The number of carbonyl (C=O) groups is 1. The number of rotatable bonds is 6. The Morgan fingerprint density at radius 1 is 1.03 bits per heavy atom. The van der Waals surface area contributed by atoms with E-state index in [1.807, 2.05) is 48.5 Å². The van der Waals surface area contributed by atoms with Gasteiger partial charge < -0.3 is 14.2 Å². The summed E-state index contributed by atoms with van der Waals surface area (Å²) in [5.41, 5.74) is 5.60. The lowest BCUT2D eigenvalue weighted by molar-refractivity contribution is 0.0955. The zero-order valence-corrected chi connectivity index (χ0v) is 17.0. The summed E-state index contributed by atoms with van der Waals surface area (Å²) < 4.78 is 16.6. The number of hydrazone groups is 1. The molecule has 7 heteroatoms. The normalized spacial score (nSPS) is 12.2. The molecule has 0 aliphatic carbocycles. The first-order valence-corrected chi connectivity index (χ1v) is 10.0. The molecule has 0 bridgehead atoms. The SMILES string of the molecule is O=C(NN=Cc1ccc2c(c1)OCO2)c1ccc(COc2cccc3cccnc23)cc1. The molecule has 7 nitrogen and oxygen atoms in total. The number of pyridine rings is 1. The van der Waals surface area contributed by atoms with Gasteiger partial charge in [-0.3, -0.25) is 9.78 Å². The summed E-state index contributed by atoms with van der Waals surface area (Å²) >= 11 is 0. The summed E-state index contributed by atoms with van der Waals surface area (Å²) in [5, 5.41) is 5.04. The Labute approximate surface area is 184 Å². The molecular weight excluding hydrogens is 406 g/mol. The molecule has 1 N–H and O–H groups in total. The van der Waals surface area contributed by atoms with E-state index in [1.54, 1.807) is 36.7 Å². The van der Waals surface area contributed by atoms with Crippen LogP contribution in [0.5, 0.6) is 17.2 Å². The molecular formula is C25H19N3O4. The Hall–Kier alpha value is -4.39. The highest BCUT2D eigenvalue weighted by atomic mass is 16.7. The molecule has 158 valence electrons. The van der Waals surface area contributed by atoms with Crippen molar-refractivity contribution in [3.63, 3.8) is 0 Å². The van der Waals surface area contributed by atoms with Crippen molar-refractivity contribution in [1.82, 2.24) is 10.4 Å². The van der Waals surface area contributed by atoms with Crippen molar-refractivity contribution in [1.29, 1.82) is 0 Å². The second-order valence-corrected chi connectivity index (χ2v) is 7.13. The van der Waals surface area contributed by atoms with Crippen molar-refractivity contribution in [2.75, 3.05) is 6.79 Å². The van der Waals surface area contributed by atoms with Gasteiger partial charge in [0.2, 0.25) is 6.79 Å².